The first kappa shape index (κ1) is 9.21. The summed E-state index contributed by atoms with van der Waals surface area (Å²) >= 11 is 14.1. The first-order valence-electron chi connectivity index (χ1n) is 3.25. The van der Waals surface area contributed by atoms with Crippen LogP contribution in [-0.4, -0.2) is 8.75 Å². The topological polar surface area (TPSA) is 37.8 Å². The number of aromatic nitrogens is 2. The predicted octanol–water partition coefficient (Wildman–Crippen LogP) is 3.65. The minimum absolute atomic E-state index is 0.368. The van der Waals surface area contributed by atoms with Crippen LogP contribution in [0.3, 0.4) is 0 Å². The van der Waals surface area contributed by atoms with Gasteiger partial charge in [-0.2, -0.15) is 8.75 Å². The van der Waals surface area contributed by atoms with E-state index in [0.29, 0.717) is 15.3 Å². The molecule has 0 atom stereocenters. The van der Waals surface area contributed by atoms with Gasteiger partial charge in [0.25, 0.3) is 0 Å². The molecular weight excluding hydrogens is 249 g/mol. The molecule has 0 saturated carbocycles. The van der Waals surface area contributed by atoms with Crippen LogP contribution in [0.4, 0.5) is 11.5 Å². The average molecular weight is 252 g/mol. The highest BCUT2D eigenvalue weighted by Gasteiger charge is 2.07. The van der Waals surface area contributed by atoms with Gasteiger partial charge in [-0.25, -0.2) is 0 Å². The van der Waals surface area contributed by atoms with Crippen molar-refractivity contribution in [3.8, 4) is 0 Å². The molecule has 0 aliphatic carbocycles. The molecule has 2 aromatic heterocycles. The second-order valence-corrected chi connectivity index (χ2v) is 4.54. The molecular formula is C6H3Cl2N3S2. The SMILES string of the molecule is Clc1nsnc1Nc1ccsc1Cl. The summed E-state index contributed by atoms with van der Waals surface area (Å²) in [5.74, 6) is 0.548. The number of thiophene rings is 1. The van der Waals surface area contributed by atoms with Crippen LogP contribution in [0.5, 0.6) is 0 Å². The molecule has 0 spiro atoms. The second-order valence-electron chi connectivity index (χ2n) is 2.14. The Balaban J connectivity index is 2.24. The van der Waals surface area contributed by atoms with E-state index in [2.05, 4.69) is 14.1 Å². The van der Waals surface area contributed by atoms with Crippen LogP contribution in [0.25, 0.3) is 0 Å². The Bertz CT molecular complexity index is 373. The van der Waals surface area contributed by atoms with Gasteiger partial charge in [-0.1, -0.05) is 23.2 Å². The number of halogens is 2. The van der Waals surface area contributed by atoms with Crippen LogP contribution < -0.4 is 5.32 Å². The molecule has 7 heteroatoms. The van der Waals surface area contributed by atoms with Crippen LogP contribution in [0, 0.1) is 0 Å². The first-order chi connectivity index (χ1) is 6.27. The molecule has 3 nitrogen and oxygen atoms in total. The van der Waals surface area contributed by atoms with Crippen LogP contribution >= 0.6 is 46.3 Å². The number of nitrogens with one attached hydrogen (secondary N) is 1. The molecule has 0 aliphatic rings. The smallest absolute Gasteiger partial charge is 0.187 e. The molecule has 68 valence electrons. The number of rotatable bonds is 2. The monoisotopic (exact) mass is 251 g/mol. The molecule has 0 fully saturated rings. The van der Waals surface area contributed by atoms with Crippen molar-refractivity contribution in [1.29, 1.82) is 0 Å². The summed E-state index contributed by atoms with van der Waals surface area (Å²) in [7, 11) is 0. The van der Waals surface area contributed by atoms with E-state index in [-0.39, 0.29) is 0 Å². The van der Waals surface area contributed by atoms with E-state index in [9.17, 15) is 0 Å². The molecule has 0 bridgehead atoms. The van der Waals surface area contributed by atoms with E-state index >= 15 is 0 Å². The molecule has 2 heterocycles. The molecule has 2 rings (SSSR count). The van der Waals surface area contributed by atoms with Crippen molar-refractivity contribution in [2.45, 2.75) is 0 Å². The third-order valence-corrected chi connectivity index (χ3v) is 3.38. The van der Waals surface area contributed by atoms with Crippen molar-refractivity contribution < 1.29 is 0 Å². The van der Waals surface area contributed by atoms with E-state index in [1.807, 2.05) is 11.4 Å². The summed E-state index contributed by atoms with van der Waals surface area (Å²) in [6.07, 6.45) is 0. The maximum absolute atomic E-state index is 5.88. The highest BCUT2D eigenvalue weighted by molar-refractivity contribution is 7.15. The van der Waals surface area contributed by atoms with Crippen molar-refractivity contribution in [2.24, 2.45) is 0 Å². The summed E-state index contributed by atoms with van der Waals surface area (Å²) in [5.41, 5.74) is 0.807. The molecule has 2 aromatic rings. The number of hydrogen-bond acceptors (Lipinski definition) is 5. The van der Waals surface area contributed by atoms with Gasteiger partial charge < -0.3 is 5.32 Å². The number of anilines is 2. The largest absolute Gasteiger partial charge is 0.335 e. The third kappa shape index (κ3) is 1.94. The zero-order valence-corrected chi connectivity index (χ0v) is 9.27. The highest BCUT2D eigenvalue weighted by atomic mass is 35.5. The fourth-order valence-corrected chi connectivity index (χ4v) is 2.24. The Hall–Kier alpha value is -0.360. The summed E-state index contributed by atoms with van der Waals surface area (Å²) in [6, 6.07) is 1.86. The standard InChI is InChI=1S/C6H3Cl2N3S2/c7-4-6(11-13-10-4)9-3-1-2-12-5(3)8/h1-2H,(H,9,11). The van der Waals surface area contributed by atoms with Gasteiger partial charge in [-0.05, 0) is 11.4 Å². The minimum Gasteiger partial charge on any atom is -0.335 e. The van der Waals surface area contributed by atoms with Gasteiger partial charge in [0.1, 0.15) is 4.34 Å². The zero-order chi connectivity index (χ0) is 9.26. The Kier molecular flexibility index (Phi) is 2.69. The molecule has 1 N–H and O–H groups in total. The molecule has 0 aromatic carbocycles. The lowest BCUT2D eigenvalue weighted by molar-refractivity contribution is 1.46. The van der Waals surface area contributed by atoms with Crippen molar-refractivity contribution >= 4 is 57.8 Å². The van der Waals surface area contributed by atoms with E-state index in [0.717, 1.165) is 17.4 Å². The van der Waals surface area contributed by atoms with Gasteiger partial charge >= 0.3 is 0 Å². The molecule has 0 aliphatic heterocycles. The lowest BCUT2D eigenvalue weighted by Crippen LogP contribution is -1.88. The molecule has 13 heavy (non-hydrogen) atoms. The second kappa shape index (κ2) is 3.79. The van der Waals surface area contributed by atoms with Gasteiger partial charge in [0.05, 0.1) is 17.4 Å². The van der Waals surface area contributed by atoms with Crippen LogP contribution in [0.2, 0.25) is 9.49 Å². The van der Waals surface area contributed by atoms with Crippen molar-refractivity contribution in [1.82, 2.24) is 8.75 Å². The van der Waals surface area contributed by atoms with Gasteiger partial charge in [0.2, 0.25) is 0 Å². The fraction of sp³-hybridized carbons (Fsp3) is 0. The maximum Gasteiger partial charge on any atom is 0.187 e. The summed E-state index contributed by atoms with van der Waals surface area (Å²) in [5, 5.41) is 5.24. The van der Waals surface area contributed by atoms with E-state index in [4.69, 9.17) is 23.2 Å². The summed E-state index contributed by atoms with van der Waals surface area (Å²) < 4.78 is 8.47. The van der Waals surface area contributed by atoms with Crippen molar-refractivity contribution in [2.75, 3.05) is 5.32 Å². The quantitative estimate of drug-likeness (QED) is 0.886. The van der Waals surface area contributed by atoms with E-state index in [1.165, 1.54) is 11.3 Å². The van der Waals surface area contributed by atoms with Gasteiger partial charge in [-0.3, -0.25) is 0 Å². The highest BCUT2D eigenvalue weighted by Crippen LogP contribution is 2.31. The summed E-state index contributed by atoms with van der Waals surface area (Å²) in [4.78, 5) is 0. The molecule has 0 radical (unpaired) electrons. The normalized spacial score (nSPS) is 10.3. The Morgan fingerprint density at radius 2 is 2.15 bits per heavy atom. The van der Waals surface area contributed by atoms with Gasteiger partial charge in [0.15, 0.2) is 11.0 Å². The van der Waals surface area contributed by atoms with Crippen LogP contribution in [-0.2, 0) is 0 Å². The van der Waals surface area contributed by atoms with Gasteiger partial charge in [-0.15, -0.1) is 11.3 Å². The van der Waals surface area contributed by atoms with Gasteiger partial charge in [0, 0.05) is 0 Å². The summed E-state index contributed by atoms with van der Waals surface area (Å²) in [6.45, 7) is 0. The zero-order valence-electron chi connectivity index (χ0n) is 6.12. The molecule has 0 unspecified atom stereocenters. The molecule has 0 amide bonds. The Morgan fingerprint density at radius 3 is 2.69 bits per heavy atom. The third-order valence-electron chi connectivity index (χ3n) is 1.32. The maximum atomic E-state index is 5.88. The lowest BCUT2D eigenvalue weighted by Gasteiger charge is -1.98. The minimum atomic E-state index is 0.368. The predicted molar refractivity (Wildman–Crippen MR) is 57.5 cm³/mol. The lowest BCUT2D eigenvalue weighted by atomic mass is 10.5. The fourth-order valence-electron chi connectivity index (χ4n) is 0.762. The van der Waals surface area contributed by atoms with Crippen molar-refractivity contribution in [3.63, 3.8) is 0 Å². The van der Waals surface area contributed by atoms with Crippen LogP contribution in [0.1, 0.15) is 0 Å². The van der Waals surface area contributed by atoms with Crippen LogP contribution in [0.15, 0.2) is 11.4 Å². The first-order valence-corrected chi connectivity index (χ1v) is 5.62. The molecule has 0 saturated heterocycles. The average Bonchev–Trinajstić information content (AvgIpc) is 2.65. The number of hydrogen-bond donors (Lipinski definition) is 1. The van der Waals surface area contributed by atoms with Crippen molar-refractivity contribution in [3.05, 3.63) is 20.9 Å². The Labute approximate surface area is 92.6 Å². The van der Waals surface area contributed by atoms with E-state index in [1.54, 1.807) is 0 Å². The Morgan fingerprint density at radius 1 is 1.31 bits per heavy atom. The number of nitrogens with zero attached hydrogens (tertiary/aromatic N) is 2. The van der Waals surface area contributed by atoms with E-state index < -0.39 is 0 Å².